The number of aliphatic hydroxyl groups excluding tert-OH is 1. The van der Waals surface area contributed by atoms with E-state index in [0.717, 1.165) is 18.8 Å². The average molecular weight is 715 g/mol. The molecule has 11 nitrogen and oxygen atoms in total. The number of nitrogens with one attached hydrogen (secondary N) is 1. The lowest BCUT2D eigenvalue weighted by Crippen LogP contribution is -2.59. The van der Waals surface area contributed by atoms with Crippen molar-refractivity contribution in [3.05, 3.63) is 85.5 Å². The Balaban J connectivity index is 1.49. The third-order valence-electron chi connectivity index (χ3n) is 10.9. The lowest BCUT2D eigenvalue weighted by molar-refractivity contribution is -0.161. The molecular formula is C41H54N4O7. The zero-order valence-electron chi connectivity index (χ0n) is 30.9. The standard InChI is InChI=1S/C41H54N4O7/c1-7-11-17-34(47)42-25-33(28-15-13-12-14-16-28)51-40(50)35-32-22-23-41(52-32)36(35)38(48)45(31(26-46)27(5)6)37(41)39(49)44(24-8-2)30-20-18-29(19-21-30)43(9-3)10-4/h7-8,12-16,18-21,27,31-33,35-37,46H,1-2,9-11,17,22-26H2,3-6H3,(H,42,47)/t31-,32+,33-,35-,36-,37+,41-/m0/s1. The number of rotatable bonds is 18. The molecule has 2 bridgehead atoms. The van der Waals surface area contributed by atoms with E-state index in [1.165, 1.54) is 4.90 Å². The summed E-state index contributed by atoms with van der Waals surface area (Å²) in [5.41, 5.74) is 1.06. The van der Waals surface area contributed by atoms with Crippen LogP contribution < -0.4 is 15.1 Å². The van der Waals surface area contributed by atoms with Gasteiger partial charge in [0.15, 0.2) is 0 Å². The van der Waals surface area contributed by atoms with Gasteiger partial charge in [0.1, 0.15) is 17.7 Å². The van der Waals surface area contributed by atoms with Crippen molar-refractivity contribution in [1.82, 2.24) is 10.2 Å². The minimum atomic E-state index is -1.30. The van der Waals surface area contributed by atoms with Crippen molar-refractivity contribution in [2.24, 2.45) is 17.8 Å². The quantitative estimate of drug-likeness (QED) is 0.166. The van der Waals surface area contributed by atoms with E-state index in [1.807, 2.05) is 68.4 Å². The lowest BCUT2D eigenvalue weighted by Gasteiger charge is -2.40. The predicted molar refractivity (Wildman–Crippen MR) is 200 cm³/mol. The van der Waals surface area contributed by atoms with Gasteiger partial charge in [0.05, 0.1) is 37.1 Å². The molecule has 3 saturated heterocycles. The van der Waals surface area contributed by atoms with E-state index < -0.39 is 53.6 Å². The molecule has 0 saturated carbocycles. The number of likely N-dealkylation sites (tertiary alicyclic amines) is 1. The summed E-state index contributed by atoms with van der Waals surface area (Å²) >= 11 is 0. The Kier molecular flexibility index (Phi) is 12.6. The molecule has 3 aliphatic heterocycles. The topological polar surface area (TPSA) is 129 Å². The van der Waals surface area contributed by atoms with Crippen LogP contribution in [0.25, 0.3) is 0 Å². The summed E-state index contributed by atoms with van der Waals surface area (Å²) in [5.74, 6) is -3.74. The van der Waals surface area contributed by atoms with Crippen molar-refractivity contribution in [2.75, 3.05) is 42.6 Å². The number of hydrogen-bond donors (Lipinski definition) is 2. The molecule has 1 spiro atoms. The first kappa shape index (κ1) is 38.7. The second-order valence-corrected chi connectivity index (χ2v) is 14.2. The van der Waals surface area contributed by atoms with Crippen molar-refractivity contribution < 1.29 is 33.8 Å². The van der Waals surface area contributed by atoms with Crippen LogP contribution in [-0.2, 0) is 28.7 Å². The summed E-state index contributed by atoms with van der Waals surface area (Å²) in [6, 6.07) is 15.1. The minimum absolute atomic E-state index is 0.0461. The van der Waals surface area contributed by atoms with E-state index in [2.05, 4.69) is 37.2 Å². The van der Waals surface area contributed by atoms with Crippen LogP contribution in [-0.4, -0.2) is 90.3 Å². The zero-order valence-corrected chi connectivity index (χ0v) is 30.9. The highest BCUT2D eigenvalue weighted by molar-refractivity contribution is 6.05. The maximum atomic E-state index is 15.0. The summed E-state index contributed by atoms with van der Waals surface area (Å²) in [5, 5.41) is 13.5. The fourth-order valence-corrected chi connectivity index (χ4v) is 8.29. The fraction of sp³-hybridized carbons (Fsp3) is 0.512. The number of allylic oxidation sites excluding steroid dienone is 1. The molecule has 3 heterocycles. The van der Waals surface area contributed by atoms with Gasteiger partial charge in [0.2, 0.25) is 11.8 Å². The maximum Gasteiger partial charge on any atom is 0.313 e. The molecule has 3 fully saturated rings. The molecule has 0 unspecified atom stereocenters. The van der Waals surface area contributed by atoms with E-state index in [1.54, 1.807) is 17.1 Å². The second kappa shape index (κ2) is 16.9. The van der Waals surface area contributed by atoms with Crippen LogP contribution in [0.1, 0.15) is 65.0 Å². The monoisotopic (exact) mass is 714 g/mol. The van der Waals surface area contributed by atoms with Gasteiger partial charge >= 0.3 is 5.97 Å². The Hall–Kier alpha value is -4.48. The molecule has 2 aromatic rings. The third kappa shape index (κ3) is 7.39. The van der Waals surface area contributed by atoms with Crippen molar-refractivity contribution >= 4 is 35.1 Å². The van der Waals surface area contributed by atoms with E-state index in [4.69, 9.17) is 9.47 Å². The van der Waals surface area contributed by atoms with Crippen LogP contribution in [0, 0.1) is 17.8 Å². The van der Waals surface area contributed by atoms with Crippen LogP contribution in [0.4, 0.5) is 11.4 Å². The van der Waals surface area contributed by atoms with E-state index in [-0.39, 0.29) is 43.8 Å². The fourth-order valence-electron chi connectivity index (χ4n) is 8.29. The molecule has 7 atom stereocenters. The molecular weight excluding hydrogens is 660 g/mol. The second-order valence-electron chi connectivity index (χ2n) is 14.2. The number of fused-ring (bicyclic) bond motifs is 1. The van der Waals surface area contributed by atoms with Gasteiger partial charge in [0, 0.05) is 37.4 Å². The molecule has 52 heavy (non-hydrogen) atoms. The normalized spacial score (nSPS) is 24.3. The van der Waals surface area contributed by atoms with Crippen molar-refractivity contribution in [1.29, 1.82) is 0 Å². The van der Waals surface area contributed by atoms with Gasteiger partial charge < -0.3 is 34.6 Å². The first-order valence-corrected chi connectivity index (χ1v) is 18.6. The molecule has 5 rings (SSSR count). The van der Waals surface area contributed by atoms with Gasteiger partial charge in [0.25, 0.3) is 5.91 Å². The van der Waals surface area contributed by atoms with E-state index >= 15 is 4.79 Å². The number of nitrogens with zero attached hydrogens (tertiary/aromatic N) is 3. The number of benzene rings is 2. The summed E-state index contributed by atoms with van der Waals surface area (Å²) in [4.78, 5) is 61.9. The van der Waals surface area contributed by atoms with Crippen LogP contribution in [0.15, 0.2) is 79.9 Å². The van der Waals surface area contributed by atoms with Crippen LogP contribution in [0.3, 0.4) is 0 Å². The summed E-state index contributed by atoms with van der Waals surface area (Å²) in [6.07, 6.45) is 3.49. The molecule has 3 amide bonds. The number of hydrogen-bond acceptors (Lipinski definition) is 8. The van der Waals surface area contributed by atoms with Crippen LogP contribution in [0.5, 0.6) is 0 Å². The van der Waals surface area contributed by atoms with Gasteiger partial charge in [-0.25, -0.2) is 0 Å². The predicted octanol–water partition coefficient (Wildman–Crippen LogP) is 4.81. The summed E-state index contributed by atoms with van der Waals surface area (Å²) in [7, 11) is 0. The number of esters is 1. The summed E-state index contributed by atoms with van der Waals surface area (Å²) in [6.45, 7) is 17.1. The molecule has 0 aromatic heterocycles. The number of carbonyl (C=O) groups excluding carboxylic acids is 4. The Morgan fingerprint density at radius 2 is 1.73 bits per heavy atom. The SMILES string of the molecule is C=CCCC(=O)NC[C@H](OC(=O)[C@@H]1[C@H]2C(=O)N([C@@H](CO)C(C)C)[C@H](C(=O)N(CC=C)c3ccc(N(CC)CC)cc3)[C@]23CC[C@H]1O3)c1ccccc1. The Bertz CT molecular complexity index is 1590. The van der Waals surface area contributed by atoms with Crippen LogP contribution in [0.2, 0.25) is 0 Å². The highest BCUT2D eigenvalue weighted by Gasteiger charge is 2.76. The third-order valence-corrected chi connectivity index (χ3v) is 10.9. The van der Waals surface area contributed by atoms with Crippen LogP contribution >= 0.6 is 0 Å². The molecule has 280 valence electrons. The largest absolute Gasteiger partial charge is 0.455 e. The van der Waals surface area contributed by atoms with Gasteiger partial charge in [-0.1, -0.05) is 56.3 Å². The lowest BCUT2D eigenvalue weighted by atomic mass is 9.70. The Labute approximate surface area is 307 Å². The van der Waals surface area contributed by atoms with Crippen molar-refractivity contribution in [2.45, 2.75) is 83.3 Å². The molecule has 0 radical (unpaired) electrons. The summed E-state index contributed by atoms with van der Waals surface area (Å²) < 4.78 is 12.9. The highest BCUT2D eigenvalue weighted by Crippen LogP contribution is 2.59. The van der Waals surface area contributed by atoms with E-state index in [9.17, 15) is 19.5 Å². The van der Waals surface area contributed by atoms with E-state index in [0.29, 0.717) is 30.5 Å². The van der Waals surface area contributed by atoms with Gasteiger partial charge in [-0.2, -0.15) is 0 Å². The highest BCUT2D eigenvalue weighted by atomic mass is 16.6. The van der Waals surface area contributed by atoms with Gasteiger partial charge in [-0.05, 0) is 68.9 Å². The number of anilines is 2. The smallest absolute Gasteiger partial charge is 0.313 e. The van der Waals surface area contributed by atoms with Gasteiger partial charge in [-0.15, -0.1) is 13.2 Å². The molecule has 0 aliphatic carbocycles. The maximum absolute atomic E-state index is 15.0. The average Bonchev–Trinajstić information content (AvgIpc) is 3.80. The Morgan fingerprint density at radius 1 is 1.06 bits per heavy atom. The number of amides is 3. The first-order valence-electron chi connectivity index (χ1n) is 18.6. The molecule has 2 aromatic carbocycles. The van der Waals surface area contributed by atoms with Crippen molar-refractivity contribution in [3.8, 4) is 0 Å². The molecule has 11 heteroatoms. The number of ether oxygens (including phenoxy) is 2. The van der Waals surface area contributed by atoms with Crippen molar-refractivity contribution in [3.63, 3.8) is 0 Å². The minimum Gasteiger partial charge on any atom is -0.455 e. The van der Waals surface area contributed by atoms with Gasteiger partial charge in [-0.3, -0.25) is 19.2 Å². The number of aliphatic hydroxyl groups is 1. The molecule has 2 N–H and O–H groups in total. The zero-order chi connectivity index (χ0) is 37.6. The first-order chi connectivity index (χ1) is 25.1. The molecule has 3 aliphatic rings. The Morgan fingerprint density at radius 3 is 2.33 bits per heavy atom. The number of carbonyl (C=O) groups is 4.